The molecule has 0 fully saturated rings. The molecule has 0 unspecified atom stereocenters. The molecule has 4 rings (SSSR count). The summed E-state index contributed by atoms with van der Waals surface area (Å²) < 4.78 is 4.93. The number of hydrogen-bond acceptors (Lipinski definition) is 5. The Balaban J connectivity index is 1.59. The van der Waals surface area contributed by atoms with E-state index in [0.717, 1.165) is 22.5 Å². The van der Waals surface area contributed by atoms with Crippen LogP contribution in [0.2, 0.25) is 0 Å². The Labute approximate surface area is 174 Å². The molecule has 0 saturated heterocycles. The van der Waals surface area contributed by atoms with Crippen LogP contribution in [-0.4, -0.2) is 51.5 Å². The molecule has 30 heavy (non-hydrogen) atoms. The minimum Gasteiger partial charge on any atom is -0.467 e. The zero-order chi connectivity index (χ0) is 20.9. The Morgan fingerprint density at radius 2 is 2.10 bits per heavy atom. The number of pyridine rings is 1. The van der Waals surface area contributed by atoms with Gasteiger partial charge >= 0.3 is 12.0 Å². The largest absolute Gasteiger partial charge is 0.467 e. The zero-order valence-electron chi connectivity index (χ0n) is 16.6. The highest BCUT2D eigenvalue weighted by atomic mass is 16.5. The van der Waals surface area contributed by atoms with Gasteiger partial charge in [0.15, 0.2) is 0 Å². The molecule has 0 bridgehead atoms. The quantitative estimate of drug-likeness (QED) is 0.634. The molecular formula is C22H23N5O3. The summed E-state index contributed by atoms with van der Waals surface area (Å²) in [5, 5.41) is 2.86. The summed E-state index contributed by atoms with van der Waals surface area (Å²) in [6, 6.07) is 11.8. The lowest BCUT2D eigenvalue weighted by molar-refractivity contribution is -0.142. The number of esters is 1. The van der Waals surface area contributed by atoms with Crippen molar-refractivity contribution in [3.63, 3.8) is 0 Å². The van der Waals surface area contributed by atoms with Crippen LogP contribution in [0.5, 0.6) is 0 Å². The van der Waals surface area contributed by atoms with Gasteiger partial charge in [-0.25, -0.2) is 14.6 Å². The normalized spacial score (nSPS) is 16.4. The molecule has 0 saturated carbocycles. The second kappa shape index (κ2) is 8.77. The monoisotopic (exact) mass is 405 g/mol. The summed E-state index contributed by atoms with van der Waals surface area (Å²) in [4.78, 5) is 39.1. The number of aromatic amines is 1. The molecule has 2 amide bonds. The van der Waals surface area contributed by atoms with Gasteiger partial charge in [-0.3, -0.25) is 4.98 Å². The topological polar surface area (TPSA) is 100 Å². The van der Waals surface area contributed by atoms with Crippen LogP contribution < -0.4 is 5.32 Å². The number of carbonyl (C=O) groups is 2. The Morgan fingerprint density at radius 3 is 2.83 bits per heavy atom. The summed E-state index contributed by atoms with van der Waals surface area (Å²) in [6.45, 7) is 0.486. The average molecular weight is 405 g/mol. The van der Waals surface area contributed by atoms with E-state index in [9.17, 15) is 9.59 Å². The van der Waals surface area contributed by atoms with E-state index in [2.05, 4.69) is 20.3 Å². The number of ether oxygens (including phenoxy) is 1. The molecule has 3 heterocycles. The van der Waals surface area contributed by atoms with Crippen LogP contribution in [0, 0.1) is 0 Å². The fraction of sp³-hybridized carbons (Fsp3) is 0.273. The van der Waals surface area contributed by atoms with Crippen LogP contribution in [0.4, 0.5) is 4.79 Å². The van der Waals surface area contributed by atoms with E-state index in [4.69, 9.17) is 4.74 Å². The third-order valence-electron chi connectivity index (χ3n) is 5.25. The second-order valence-corrected chi connectivity index (χ2v) is 7.11. The third-order valence-corrected chi connectivity index (χ3v) is 5.25. The second-order valence-electron chi connectivity index (χ2n) is 7.11. The van der Waals surface area contributed by atoms with Gasteiger partial charge in [-0.1, -0.05) is 36.4 Å². The van der Waals surface area contributed by atoms with Crippen molar-refractivity contribution in [3.05, 3.63) is 83.7 Å². The molecule has 8 nitrogen and oxygen atoms in total. The molecule has 1 aliphatic rings. The van der Waals surface area contributed by atoms with Crippen molar-refractivity contribution in [3.8, 4) is 0 Å². The predicted octanol–water partition coefficient (Wildman–Crippen LogP) is 2.25. The average Bonchev–Trinajstić information content (AvgIpc) is 3.27. The number of imidazole rings is 1. The smallest absolute Gasteiger partial charge is 0.328 e. The van der Waals surface area contributed by atoms with Crippen molar-refractivity contribution in [1.82, 2.24) is 25.2 Å². The first-order valence-electron chi connectivity index (χ1n) is 9.78. The molecule has 3 aromatic rings. The van der Waals surface area contributed by atoms with Crippen LogP contribution in [0.25, 0.3) is 0 Å². The van der Waals surface area contributed by atoms with Crippen LogP contribution in [-0.2, 0) is 22.4 Å². The fourth-order valence-electron chi connectivity index (χ4n) is 3.79. The van der Waals surface area contributed by atoms with Gasteiger partial charge in [0.05, 0.1) is 19.1 Å². The van der Waals surface area contributed by atoms with E-state index in [1.54, 1.807) is 23.6 Å². The van der Waals surface area contributed by atoms with Gasteiger partial charge in [-0.05, 0) is 17.2 Å². The maximum Gasteiger partial charge on any atom is 0.328 e. The third kappa shape index (κ3) is 4.03. The van der Waals surface area contributed by atoms with E-state index in [1.807, 2.05) is 42.5 Å². The van der Waals surface area contributed by atoms with Crippen molar-refractivity contribution in [2.45, 2.75) is 24.9 Å². The lowest BCUT2D eigenvalue weighted by Gasteiger charge is -2.35. The van der Waals surface area contributed by atoms with Crippen molar-refractivity contribution >= 4 is 12.0 Å². The van der Waals surface area contributed by atoms with E-state index in [0.29, 0.717) is 19.4 Å². The summed E-state index contributed by atoms with van der Waals surface area (Å²) in [7, 11) is 1.32. The Kier molecular flexibility index (Phi) is 5.74. The minimum absolute atomic E-state index is 0.344. The molecule has 2 atom stereocenters. The van der Waals surface area contributed by atoms with Crippen molar-refractivity contribution < 1.29 is 14.3 Å². The van der Waals surface area contributed by atoms with Gasteiger partial charge in [-0.15, -0.1) is 0 Å². The van der Waals surface area contributed by atoms with Gasteiger partial charge < -0.3 is 19.9 Å². The number of hydrogen-bond donors (Lipinski definition) is 2. The number of benzene rings is 1. The molecule has 8 heteroatoms. The summed E-state index contributed by atoms with van der Waals surface area (Å²) in [5.41, 5.74) is 3.59. The van der Waals surface area contributed by atoms with Crippen molar-refractivity contribution in [2.75, 3.05) is 13.7 Å². The number of fused-ring (bicyclic) bond motifs is 1. The number of nitrogens with zero attached hydrogens (tertiary/aromatic N) is 3. The van der Waals surface area contributed by atoms with Crippen LogP contribution in [0.1, 0.15) is 28.6 Å². The standard InChI is InChI=1S/C22H23N5O3/c1-30-21(28)18(12-15-6-3-2-4-7-15)26-22(29)27-11-9-17-19(25-14-24-17)20(27)16-8-5-10-23-13-16/h2-8,10,13-14,18,20H,9,11-12H2,1H3,(H,24,25)(H,26,29)/t18-,20-/m0/s1. The maximum atomic E-state index is 13.3. The van der Waals surface area contributed by atoms with E-state index >= 15 is 0 Å². The first kappa shape index (κ1) is 19.6. The van der Waals surface area contributed by atoms with E-state index < -0.39 is 12.0 Å². The summed E-state index contributed by atoms with van der Waals surface area (Å²) >= 11 is 0. The Morgan fingerprint density at radius 1 is 1.27 bits per heavy atom. The molecule has 2 N–H and O–H groups in total. The Bertz CT molecular complexity index is 1010. The molecule has 154 valence electrons. The lowest BCUT2D eigenvalue weighted by atomic mass is 9.97. The highest BCUT2D eigenvalue weighted by molar-refractivity contribution is 5.84. The zero-order valence-corrected chi connectivity index (χ0v) is 16.6. The molecule has 1 aromatic carbocycles. The molecule has 1 aliphatic heterocycles. The lowest BCUT2D eigenvalue weighted by Crippen LogP contribution is -2.52. The Hall–Kier alpha value is -3.68. The molecule has 0 spiro atoms. The number of aromatic nitrogens is 3. The molecule has 2 aromatic heterocycles. The van der Waals surface area contributed by atoms with Gasteiger partial charge in [0.1, 0.15) is 12.1 Å². The SMILES string of the molecule is COC(=O)[C@H](Cc1ccccc1)NC(=O)N1CCc2[nH]cnc2[C@@H]1c1cccnc1. The summed E-state index contributed by atoms with van der Waals surface area (Å²) in [5.74, 6) is -0.484. The highest BCUT2D eigenvalue weighted by Gasteiger charge is 2.35. The fourth-order valence-corrected chi connectivity index (χ4v) is 3.79. The molecular weight excluding hydrogens is 382 g/mol. The van der Waals surface area contributed by atoms with Gasteiger partial charge in [0.25, 0.3) is 0 Å². The highest BCUT2D eigenvalue weighted by Crippen LogP contribution is 2.32. The minimum atomic E-state index is -0.792. The van der Waals surface area contributed by atoms with E-state index in [1.165, 1.54) is 7.11 Å². The van der Waals surface area contributed by atoms with Crippen molar-refractivity contribution in [2.24, 2.45) is 0 Å². The number of carbonyl (C=O) groups excluding carboxylic acids is 2. The number of methoxy groups -OCH3 is 1. The number of H-pyrrole nitrogens is 1. The molecule has 0 radical (unpaired) electrons. The van der Waals surface area contributed by atoms with Crippen LogP contribution >= 0.6 is 0 Å². The number of amides is 2. The maximum absolute atomic E-state index is 13.3. The number of nitrogens with one attached hydrogen (secondary N) is 2. The first-order valence-corrected chi connectivity index (χ1v) is 9.78. The van der Waals surface area contributed by atoms with Crippen LogP contribution in [0.3, 0.4) is 0 Å². The van der Waals surface area contributed by atoms with Crippen molar-refractivity contribution in [1.29, 1.82) is 0 Å². The summed E-state index contributed by atoms with van der Waals surface area (Å²) in [6.07, 6.45) is 6.06. The van der Waals surface area contributed by atoms with Gasteiger partial charge in [-0.2, -0.15) is 0 Å². The van der Waals surface area contributed by atoms with Gasteiger partial charge in [0, 0.05) is 37.5 Å². The molecule has 0 aliphatic carbocycles. The number of urea groups is 1. The first-order chi connectivity index (χ1) is 14.7. The van der Waals surface area contributed by atoms with E-state index in [-0.39, 0.29) is 12.1 Å². The van der Waals surface area contributed by atoms with Gasteiger partial charge in [0.2, 0.25) is 0 Å². The van der Waals surface area contributed by atoms with Crippen LogP contribution in [0.15, 0.2) is 61.2 Å². The predicted molar refractivity (Wildman–Crippen MR) is 110 cm³/mol. The number of rotatable bonds is 5.